The van der Waals surface area contributed by atoms with Crippen molar-refractivity contribution in [2.45, 2.75) is 0 Å². The Balaban J connectivity index is 0.00000256. The lowest BCUT2D eigenvalue weighted by atomic mass is 10.2. The Bertz CT molecular complexity index is 415. The van der Waals surface area contributed by atoms with Crippen molar-refractivity contribution in [3.05, 3.63) is 35.9 Å². The summed E-state index contributed by atoms with van der Waals surface area (Å²) in [5.74, 6) is -1.38. The number of anilines is 1. The number of hydrogen-bond donors (Lipinski definition) is 2. The highest BCUT2D eigenvalue weighted by atomic mass is 35.5. The van der Waals surface area contributed by atoms with Gasteiger partial charge in [-0.2, -0.15) is 0 Å². The number of carbonyl (C=O) groups excluding carboxylic acids is 1. The van der Waals surface area contributed by atoms with E-state index >= 15 is 0 Å². The number of carbonyl (C=O) groups is 2. The minimum atomic E-state index is -1.00. The maximum absolute atomic E-state index is 10.9. The second-order valence-corrected chi connectivity index (χ2v) is 3.24. The molecule has 1 aromatic rings. The molecule has 4 nitrogen and oxygen atoms in total. The summed E-state index contributed by atoms with van der Waals surface area (Å²) < 4.78 is 0. The van der Waals surface area contributed by atoms with E-state index in [0.29, 0.717) is 5.69 Å². The van der Waals surface area contributed by atoms with Crippen molar-refractivity contribution in [1.29, 1.82) is 0 Å². The van der Waals surface area contributed by atoms with Crippen LogP contribution in [0, 0.1) is 0 Å². The number of amides is 1. The van der Waals surface area contributed by atoms with Gasteiger partial charge in [0.25, 0.3) is 0 Å². The van der Waals surface area contributed by atoms with E-state index in [1.54, 1.807) is 24.3 Å². The van der Waals surface area contributed by atoms with Gasteiger partial charge in [0.15, 0.2) is 0 Å². The van der Waals surface area contributed by atoms with Gasteiger partial charge >= 0.3 is 5.97 Å². The van der Waals surface area contributed by atoms with Gasteiger partial charge < -0.3 is 10.4 Å². The highest BCUT2D eigenvalue weighted by Gasteiger charge is 1.98. The molecule has 6 heteroatoms. The van der Waals surface area contributed by atoms with E-state index < -0.39 is 5.97 Å². The highest BCUT2D eigenvalue weighted by Crippen LogP contribution is 2.10. The lowest BCUT2D eigenvalue weighted by Gasteiger charge is -2.02. The standard InChI is InChI=1S/C11H10ClNO3.ClH/c12-7-10(14)13-9-4-1-8(2-5-9)3-6-11(15)16;/h1-6H,7H2,(H,13,14)(H,15,16);1H. The van der Waals surface area contributed by atoms with Crippen molar-refractivity contribution in [3.8, 4) is 0 Å². The van der Waals surface area contributed by atoms with Crippen LogP contribution in [0.2, 0.25) is 0 Å². The zero-order valence-electron chi connectivity index (χ0n) is 8.72. The zero-order chi connectivity index (χ0) is 12.0. The van der Waals surface area contributed by atoms with Gasteiger partial charge in [-0.1, -0.05) is 12.1 Å². The number of carboxylic acid groups (broad SMARTS) is 1. The first kappa shape index (κ1) is 15.5. The minimum Gasteiger partial charge on any atom is -0.478 e. The summed E-state index contributed by atoms with van der Waals surface area (Å²) in [6, 6.07) is 6.74. The summed E-state index contributed by atoms with van der Waals surface area (Å²) in [6.45, 7) is 0. The monoisotopic (exact) mass is 275 g/mol. The average molecular weight is 276 g/mol. The third-order valence-corrected chi connectivity index (χ3v) is 1.98. The van der Waals surface area contributed by atoms with Gasteiger partial charge in [-0.25, -0.2) is 4.79 Å². The molecule has 92 valence electrons. The predicted octanol–water partition coefficient (Wildman–Crippen LogP) is 2.38. The van der Waals surface area contributed by atoms with Crippen LogP contribution in [-0.4, -0.2) is 22.9 Å². The molecule has 0 aliphatic carbocycles. The fourth-order valence-electron chi connectivity index (χ4n) is 1.04. The molecule has 0 saturated heterocycles. The molecule has 0 atom stereocenters. The topological polar surface area (TPSA) is 66.4 Å². The van der Waals surface area contributed by atoms with Crippen molar-refractivity contribution in [2.75, 3.05) is 11.2 Å². The Labute approximate surface area is 110 Å². The van der Waals surface area contributed by atoms with E-state index in [2.05, 4.69) is 5.32 Å². The van der Waals surface area contributed by atoms with Crippen LogP contribution >= 0.6 is 24.0 Å². The Morgan fingerprint density at radius 1 is 1.29 bits per heavy atom. The first-order chi connectivity index (χ1) is 7.61. The van der Waals surface area contributed by atoms with Crippen LogP contribution in [0.3, 0.4) is 0 Å². The molecule has 1 aromatic carbocycles. The molecular formula is C11H11Cl2NO3. The molecule has 0 aromatic heterocycles. The normalized spacial score (nSPS) is 9.71. The molecule has 0 radical (unpaired) electrons. The van der Waals surface area contributed by atoms with Crippen LogP contribution in [0.25, 0.3) is 6.08 Å². The van der Waals surface area contributed by atoms with Crippen LogP contribution in [0.15, 0.2) is 30.3 Å². The number of alkyl halides is 1. The van der Waals surface area contributed by atoms with Crippen molar-refractivity contribution in [1.82, 2.24) is 0 Å². The van der Waals surface area contributed by atoms with Crippen molar-refractivity contribution in [2.24, 2.45) is 0 Å². The lowest BCUT2D eigenvalue weighted by molar-refractivity contribution is -0.131. The summed E-state index contributed by atoms with van der Waals surface area (Å²) in [5, 5.41) is 11.0. The van der Waals surface area contributed by atoms with E-state index in [9.17, 15) is 9.59 Å². The number of halogens is 2. The third kappa shape index (κ3) is 5.94. The van der Waals surface area contributed by atoms with Crippen LogP contribution in [0.5, 0.6) is 0 Å². The van der Waals surface area contributed by atoms with Crippen molar-refractivity contribution < 1.29 is 14.7 Å². The fourth-order valence-corrected chi connectivity index (χ4v) is 1.11. The van der Waals surface area contributed by atoms with E-state index in [-0.39, 0.29) is 24.2 Å². The van der Waals surface area contributed by atoms with E-state index in [4.69, 9.17) is 16.7 Å². The number of carboxylic acids is 1. The minimum absolute atomic E-state index is 0. The number of nitrogens with one attached hydrogen (secondary N) is 1. The summed E-state index contributed by atoms with van der Waals surface area (Å²) in [4.78, 5) is 21.2. The van der Waals surface area contributed by atoms with Crippen LogP contribution in [0.4, 0.5) is 5.69 Å². The Morgan fingerprint density at radius 2 is 1.88 bits per heavy atom. The number of benzene rings is 1. The molecule has 2 N–H and O–H groups in total. The van der Waals surface area contributed by atoms with Gasteiger partial charge in [-0.15, -0.1) is 24.0 Å². The zero-order valence-corrected chi connectivity index (χ0v) is 10.3. The maximum atomic E-state index is 10.9. The molecule has 1 amide bonds. The predicted molar refractivity (Wildman–Crippen MR) is 69.7 cm³/mol. The van der Waals surface area contributed by atoms with Gasteiger partial charge in [0.1, 0.15) is 5.88 Å². The Morgan fingerprint density at radius 3 is 2.35 bits per heavy atom. The smallest absolute Gasteiger partial charge is 0.328 e. The quantitative estimate of drug-likeness (QED) is 0.655. The van der Waals surface area contributed by atoms with Crippen LogP contribution < -0.4 is 5.32 Å². The van der Waals surface area contributed by atoms with E-state index in [1.807, 2.05) is 0 Å². The Hall–Kier alpha value is -1.52. The molecule has 0 spiro atoms. The average Bonchev–Trinajstić information content (AvgIpc) is 2.28. The first-order valence-electron chi connectivity index (χ1n) is 4.48. The summed E-state index contributed by atoms with van der Waals surface area (Å²) in [7, 11) is 0. The lowest BCUT2D eigenvalue weighted by Crippen LogP contribution is -2.12. The molecule has 0 fully saturated rings. The van der Waals surface area contributed by atoms with Gasteiger partial charge in [0.05, 0.1) is 0 Å². The molecule has 0 aliphatic heterocycles. The molecule has 0 heterocycles. The summed E-state index contributed by atoms with van der Waals surface area (Å²) >= 11 is 5.33. The van der Waals surface area contributed by atoms with Gasteiger partial charge in [0, 0.05) is 11.8 Å². The molecule has 0 bridgehead atoms. The van der Waals surface area contributed by atoms with Crippen molar-refractivity contribution in [3.63, 3.8) is 0 Å². The number of rotatable bonds is 4. The van der Waals surface area contributed by atoms with Gasteiger partial charge in [-0.3, -0.25) is 4.79 Å². The third-order valence-electron chi connectivity index (χ3n) is 1.73. The first-order valence-corrected chi connectivity index (χ1v) is 5.02. The molecule has 1 rings (SSSR count). The second kappa shape index (κ2) is 7.70. The van der Waals surface area contributed by atoms with Gasteiger partial charge in [0.2, 0.25) is 5.91 Å². The molecule has 0 saturated carbocycles. The number of aliphatic carboxylic acids is 1. The molecule has 0 unspecified atom stereocenters. The van der Waals surface area contributed by atoms with Gasteiger partial charge in [-0.05, 0) is 23.8 Å². The van der Waals surface area contributed by atoms with Crippen LogP contribution in [0.1, 0.15) is 5.56 Å². The van der Waals surface area contributed by atoms with E-state index in [1.165, 1.54) is 6.08 Å². The fraction of sp³-hybridized carbons (Fsp3) is 0.0909. The summed E-state index contributed by atoms with van der Waals surface area (Å²) in [6.07, 6.45) is 2.52. The Kier molecular flexibility index (Phi) is 7.02. The van der Waals surface area contributed by atoms with Crippen LogP contribution in [-0.2, 0) is 9.59 Å². The maximum Gasteiger partial charge on any atom is 0.328 e. The highest BCUT2D eigenvalue weighted by molar-refractivity contribution is 6.29. The molecule has 0 aliphatic rings. The van der Waals surface area contributed by atoms with Crippen molar-refractivity contribution >= 4 is 47.6 Å². The molecular weight excluding hydrogens is 265 g/mol. The largest absolute Gasteiger partial charge is 0.478 e. The summed E-state index contributed by atoms with van der Waals surface area (Å²) in [5.41, 5.74) is 1.37. The number of hydrogen-bond acceptors (Lipinski definition) is 2. The second-order valence-electron chi connectivity index (χ2n) is 2.98. The van der Waals surface area contributed by atoms with E-state index in [0.717, 1.165) is 11.6 Å². The SMILES string of the molecule is Cl.O=C(O)C=Cc1ccc(NC(=O)CCl)cc1. The molecule has 17 heavy (non-hydrogen) atoms.